The van der Waals surface area contributed by atoms with Gasteiger partial charge in [0.05, 0.1) is 0 Å². The summed E-state index contributed by atoms with van der Waals surface area (Å²) in [4.78, 5) is 0. The molecule has 0 aliphatic rings. The maximum absolute atomic E-state index is 3.89. The van der Waals surface area contributed by atoms with Gasteiger partial charge < -0.3 is 0 Å². The molecule has 0 amide bonds. The first-order chi connectivity index (χ1) is 4.31. The average molecular weight is 164 g/mol. The molecular formula is C9H17K+. The molecule has 0 rings (SSSR count). The van der Waals surface area contributed by atoms with Gasteiger partial charge in [-0.25, -0.2) is 0 Å². The number of hydrogen-bond acceptors (Lipinski definition) is 0. The van der Waals surface area contributed by atoms with Gasteiger partial charge in [0.25, 0.3) is 0 Å². The zero-order valence-electron chi connectivity index (χ0n) is 7.61. The van der Waals surface area contributed by atoms with E-state index >= 15 is 0 Å². The van der Waals surface area contributed by atoms with Gasteiger partial charge in [0.1, 0.15) is 0 Å². The summed E-state index contributed by atoms with van der Waals surface area (Å²) < 4.78 is 0. The summed E-state index contributed by atoms with van der Waals surface area (Å²) in [6.07, 6.45) is 7.14. The van der Waals surface area contributed by atoms with E-state index in [1.165, 1.54) is 24.8 Å². The van der Waals surface area contributed by atoms with Crippen molar-refractivity contribution in [2.75, 3.05) is 0 Å². The van der Waals surface area contributed by atoms with E-state index in [1.807, 2.05) is 0 Å². The second-order valence-corrected chi connectivity index (χ2v) is 2.36. The van der Waals surface area contributed by atoms with E-state index in [4.69, 9.17) is 0 Å². The Morgan fingerprint density at radius 3 is 2.40 bits per heavy atom. The van der Waals surface area contributed by atoms with Gasteiger partial charge in [-0.2, -0.15) is 0 Å². The van der Waals surface area contributed by atoms with E-state index in [-0.39, 0.29) is 51.4 Å². The predicted octanol–water partition coefficient (Wildman–Crippen LogP) is 0.351. The zero-order chi connectivity index (χ0) is 7.11. The Bertz CT molecular complexity index is 76.8. The van der Waals surface area contributed by atoms with Gasteiger partial charge in [-0.05, 0) is 19.3 Å². The van der Waals surface area contributed by atoms with Crippen molar-refractivity contribution >= 4 is 0 Å². The first-order valence-electron chi connectivity index (χ1n) is 3.82. The molecule has 0 aromatic heterocycles. The van der Waals surface area contributed by atoms with Crippen molar-refractivity contribution in [1.82, 2.24) is 0 Å². The van der Waals surface area contributed by atoms with Gasteiger partial charge in [0.2, 0.25) is 0 Å². The van der Waals surface area contributed by atoms with Crippen LogP contribution in [0.3, 0.4) is 0 Å². The van der Waals surface area contributed by atoms with Crippen molar-refractivity contribution in [3.05, 3.63) is 18.6 Å². The Kier molecular flexibility index (Phi) is 14.5. The van der Waals surface area contributed by atoms with Gasteiger partial charge >= 0.3 is 51.4 Å². The maximum Gasteiger partial charge on any atom is 1.00 e. The molecule has 0 saturated heterocycles. The van der Waals surface area contributed by atoms with Gasteiger partial charge in [0, 0.05) is 0 Å². The van der Waals surface area contributed by atoms with Crippen LogP contribution in [0.25, 0.3) is 0 Å². The quantitative estimate of drug-likeness (QED) is 0.406. The standard InChI is InChI=1S/C9H17.K/c1-4-6-7-8-9(3)5-2;/h8H,3-7H2,1-2H3;/q;+1. The van der Waals surface area contributed by atoms with Crippen molar-refractivity contribution < 1.29 is 51.4 Å². The minimum atomic E-state index is 0. The first kappa shape index (κ1) is 13.9. The summed E-state index contributed by atoms with van der Waals surface area (Å²) in [6.45, 7) is 8.24. The van der Waals surface area contributed by atoms with Crippen LogP contribution in [0.15, 0.2) is 12.2 Å². The van der Waals surface area contributed by atoms with Crippen molar-refractivity contribution in [1.29, 1.82) is 0 Å². The second kappa shape index (κ2) is 10.4. The number of allylic oxidation sites excluding steroid dienone is 1. The molecule has 0 unspecified atom stereocenters. The Labute approximate surface area is 108 Å². The molecule has 1 heteroatoms. The fourth-order valence-electron chi connectivity index (χ4n) is 0.655. The number of hydrogen-bond donors (Lipinski definition) is 0. The van der Waals surface area contributed by atoms with Crippen LogP contribution < -0.4 is 51.4 Å². The third kappa shape index (κ3) is 9.38. The van der Waals surface area contributed by atoms with Crippen molar-refractivity contribution in [2.45, 2.75) is 39.5 Å². The maximum atomic E-state index is 3.89. The third-order valence-electron chi connectivity index (χ3n) is 1.44. The summed E-state index contributed by atoms with van der Waals surface area (Å²) in [5, 5.41) is 0. The van der Waals surface area contributed by atoms with Crippen molar-refractivity contribution in [3.63, 3.8) is 0 Å². The topological polar surface area (TPSA) is 0 Å². The minimum absolute atomic E-state index is 0. The summed E-state index contributed by atoms with van der Waals surface area (Å²) in [5.41, 5.74) is 1.28. The van der Waals surface area contributed by atoms with Crippen LogP contribution in [0.5, 0.6) is 0 Å². The van der Waals surface area contributed by atoms with Crippen LogP contribution in [-0.4, -0.2) is 0 Å². The summed E-state index contributed by atoms with van der Waals surface area (Å²) >= 11 is 0. The van der Waals surface area contributed by atoms with E-state index in [0.717, 1.165) is 6.42 Å². The van der Waals surface area contributed by atoms with Crippen LogP contribution in [0, 0.1) is 6.42 Å². The molecule has 0 spiro atoms. The normalized spacial score (nSPS) is 8.60. The molecule has 0 N–H and O–H groups in total. The second-order valence-electron chi connectivity index (χ2n) is 2.36. The van der Waals surface area contributed by atoms with Crippen LogP contribution in [0.2, 0.25) is 0 Å². The number of unbranched alkanes of at least 4 members (excludes halogenated alkanes) is 2. The van der Waals surface area contributed by atoms with Crippen molar-refractivity contribution in [3.8, 4) is 0 Å². The summed E-state index contributed by atoms with van der Waals surface area (Å²) in [6, 6.07) is 0. The largest absolute Gasteiger partial charge is 1.00 e. The van der Waals surface area contributed by atoms with Crippen LogP contribution in [0.1, 0.15) is 39.5 Å². The van der Waals surface area contributed by atoms with Crippen LogP contribution in [0.4, 0.5) is 0 Å². The molecule has 0 nitrogen and oxygen atoms in total. The minimum Gasteiger partial charge on any atom is -0.0996 e. The average Bonchev–Trinajstić information content (AvgIpc) is 1.89. The fraction of sp³-hybridized carbons (Fsp3) is 0.667. The van der Waals surface area contributed by atoms with E-state index in [9.17, 15) is 0 Å². The fourth-order valence-corrected chi connectivity index (χ4v) is 0.655. The predicted molar refractivity (Wildman–Crippen MR) is 43.3 cm³/mol. The zero-order valence-corrected chi connectivity index (χ0v) is 10.7. The summed E-state index contributed by atoms with van der Waals surface area (Å²) in [7, 11) is 0. The molecule has 0 saturated carbocycles. The smallest absolute Gasteiger partial charge is 0.0996 e. The molecule has 0 aliphatic carbocycles. The Balaban J connectivity index is 0. The Morgan fingerprint density at radius 2 is 2.00 bits per heavy atom. The molecule has 0 aliphatic heterocycles. The van der Waals surface area contributed by atoms with Crippen LogP contribution in [-0.2, 0) is 0 Å². The molecule has 1 radical (unpaired) electrons. The molecular weight excluding hydrogens is 147 g/mol. The van der Waals surface area contributed by atoms with E-state index in [2.05, 4.69) is 26.8 Å². The molecule has 0 atom stereocenters. The molecule has 0 heterocycles. The Morgan fingerprint density at radius 1 is 1.40 bits per heavy atom. The number of rotatable bonds is 5. The first-order valence-corrected chi connectivity index (χ1v) is 3.82. The van der Waals surface area contributed by atoms with Gasteiger partial charge in [-0.1, -0.05) is 38.8 Å². The van der Waals surface area contributed by atoms with E-state index in [1.54, 1.807) is 0 Å². The molecule has 10 heavy (non-hydrogen) atoms. The van der Waals surface area contributed by atoms with Gasteiger partial charge in [-0.3, -0.25) is 0 Å². The SMILES string of the molecule is C=C([CH]CCCC)CC.[K+]. The monoisotopic (exact) mass is 164 g/mol. The molecule has 0 fully saturated rings. The molecule has 53 valence electrons. The molecule has 0 aromatic rings. The van der Waals surface area contributed by atoms with E-state index < -0.39 is 0 Å². The van der Waals surface area contributed by atoms with Gasteiger partial charge in [-0.15, -0.1) is 0 Å². The molecule has 0 aromatic carbocycles. The third-order valence-corrected chi connectivity index (χ3v) is 1.44. The van der Waals surface area contributed by atoms with E-state index in [0.29, 0.717) is 0 Å². The van der Waals surface area contributed by atoms with Gasteiger partial charge in [0.15, 0.2) is 0 Å². The van der Waals surface area contributed by atoms with Crippen LogP contribution >= 0.6 is 0 Å². The summed E-state index contributed by atoms with van der Waals surface area (Å²) in [5.74, 6) is 0. The Hall–Kier alpha value is 1.38. The molecule has 0 bridgehead atoms. The van der Waals surface area contributed by atoms with Crippen molar-refractivity contribution in [2.24, 2.45) is 0 Å².